The summed E-state index contributed by atoms with van der Waals surface area (Å²) in [7, 11) is 2.64. The number of benzene rings is 2. The van der Waals surface area contributed by atoms with Crippen molar-refractivity contribution < 1.29 is 84.2 Å². The molecular weight excluding hydrogens is 620 g/mol. The van der Waals surface area contributed by atoms with Crippen LogP contribution in [0.15, 0.2) is 30.0 Å². The molecule has 0 spiro atoms. The first-order chi connectivity index (χ1) is 21.9. The highest BCUT2D eigenvalue weighted by molar-refractivity contribution is 5.69. The van der Waals surface area contributed by atoms with Crippen LogP contribution in [0.2, 0.25) is 0 Å². The van der Waals surface area contributed by atoms with Gasteiger partial charge in [0.05, 0.1) is 39.1 Å². The molecule has 1 unspecified atom stereocenters. The van der Waals surface area contributed by atoms with Crippen LogP contribution in [0.1, 0.15) is 17.2 Å². The first-order valence-corrected chi connectivity index (χ1v) is 14.1. The minimum absolute atomic E-state index is 0.0198. The summed E-state index contributed by atoms with van der Waals surface area (Å²) in [5.41, 5.74) is 0.467. The molecule has 2 aromatic rings. The zero-order valence-corrected chi connectivity index (χ0v) is 24.5. The number of hydrogen-bond acceptors (Lipinski definition) is 16. The van der Waals surface area contributed by atoms with Crippen molar-refractivity contribution in [3.05, 3.63) is 41.2 Å². The number of fused-ring (bicyclic) bond motifs is 1. The topological polar surface area (TPSA) is 270 Å². The SMILES string of the molecule is COc1cc(C2[OH+]c3cc(O)cc(O)c3C=C2O[C@@H]2O[C@@H](CO[C@@H]3O[C@@H](CO)[C@@H](O)[C@H](O)[C@H]3O)[C@@H](O)[C@@H](O)[C@@H]2O)cc(OC)c1O. The minimum Gasteiger partial charge on any atom is -0.571 e. The van der Waals surface area contributed by atoms with Gasteiger partial charge < -0.3 is 84.2 Å². The molecule has 11 atom stereocenters. The maximum absolute atomic E-state index is 10.8. The van der Waals surface area contributed by atoms with E-state index in [1.165, 1.54) is 38.5 Å². The number of aliphatic hydroxyl groups excluding tert-OH is 7. The smallest absolute Gasteiger partial charge is 0.270 e. The predicted molar refractivity (Wildman–Crippen MR) is 151 cm³/mol. The Hall–Kier alpha value is -3.62. The molecule has 17 nitrogen and oxygen atoms in total. The standard InChI is InChI=1S/C29H36O17/c1-40-15-3-10(4-16(41-2)20(15)33)27-17(7-12-13(32)5-11(31)6-14(12)43-27)44-29-26(39)24(37)22(35)19(46-29)9-42-28-25(38)23(36)21(34)18(8-30)45-28/h3-7,18-19,21-39H,8-9H2,1-2H3/p+1/t18-,19-,21+,22+,23-,24+,25+,26-,27?,28+,29+/m0/s1. The van der Waals surface area contributed by atoms with E-state index < -0.39 is 80.7 Å². The van der Waals surface area contributed by atoms with E-state index in [-0.39, 0.29) is 45.8 Å². The molecule has 2 aromatic carbocycles. The third kappa shape index (κ3) is 6.34. The molecule has 0 aliphatic carbocycles. The Morgan fingerprint density at radius 3 is 1.93 bits per heavy atom. The van der Waals surface area contributed by atoms with E-state index in [4.69, 9.17) is 28.4 Å². The van der Waals surface area contributed by atoms with Gasteiger partial charge in [-0.05, 0) is 12.1 Å². The van der Waals surface area contributed by atoms with Gasteiger partial charge >= 0.3 is 0 Å². The molecule has 2 fully saturated rings. The van der Waals surface area contributed by atoms with Crippen molar-refractivity contribution in [2.24, 2.45) is 0 Å². The molecule has 0 amide bonds. The molecule has 11 N–H and O–H groups in total. The van der Waals surface area contributed by atoms with Gasteiger partial charge in [0.2, 0.25) is 12.0 Å². The molecule has 3 aliphatic rings. The lowest BCUT2D eigenvalue weighted by atomic mass is 9.98. The Labute approximate surface area is 261 Å². The van der Waals surface area contributed by atoms with Gasteiger partial charge in [0.25, 0.3) is 11.9 Å². The van der Waals surface area contributed by atoms with Gasteiger partial charge in [-0.1, -0.05) is 0 Å². The van der Waals surface area contributed by atoms with Crippen molar-refractivity contribution in [2.45, 2.75) is 67.5 Å². The molecule has 5 rings (SSSR count). The number of rotatable bonds is 9. The quantitative estimate of drug-likeness (QED) is 0.128. The zero-order valence-electron chi connectivity index (χ0n) is 24.5. The molecule has 3 aliphatic heterocycles. The second-order valence-electron chi connectivity index (χ2n) is 10.9. The molecule has 17 heteroatoms. The second-order valence-corrected chi connectivity index (χ2v) is 10.9. The summed E-state index contributed by atoms with van der Waals surface area (Å²) >= 11 is 0. The summed E-state index contributed by atoms with van der Waals surface area (Å²) in [5, 5.41) is 103. The number of ether oxygens (including phenoxy) is 7. The van der Waals surface area contributed by atoms with Gasteiger partial charge in [0, 0.05) is 12.1 Å². The summed E-state index contributed by atoms with van der Waals surface area (Å²) in [4.78, 5) is 0. The summed E-state index contributed by atoms with van der Waals surface area (Å²) in [6.45, 7) is -1.29. The maximum Gasteiger partial charge on any atom is 0.270 e. The van der Waals surface area contributed by atoms with E-state index in [2.05, 4.69) is 4.74 Å². The average Bonchev–Trinajstić information content (AvgIpc) is 3.04. The molecule has 46 heavy (non-hydrogen) atoms. The fraction of sp³-hybridized carbons (Fsp3) is 0.517. The Kier molecular flexibility index (Phi) is 9.99. The lowest BCUT2D eigenvalue weighted by Gasteiger charge is -2.43. The second kappa shape index (κ2) is 13.6. The first kappa shape index (κ1) is 33.7. The number of phenols is 3. The molecule has 254 valence electrons. The highest BCUT2D eigenvalue weighted by Crippen LogP contribution is 2.48. The van der Waals surface area contributed by atoms with Crippen molar-refractivity contribution in [3.63, 3.8) is 0 Å². The van der Waals surface area contributed by atoms with Crippen LogP contribution in [0.5, 0.6) is 34.5 Å². The van der Waals surface area contributed by atoms with Gasteiger partial charge in [-0.15, -0.1) is 0 Å². The predicted octanol–water partition coefficient (Wildman–Crippen LogP) is -2.20. The van der Waals surface area contributed by atoms with E-state index in [9.17, 15) is 51.1 Å². The maximum atomic E-state index is 10.8. The van der Waals surface area contributed by atoms with Crippen LogP contribution in [0, 0.1) is 0 Å². The van der Waals surface area contributed by atoms with E-state index in [0.29, 0.717) is 5.56 Å². The highest BCUT2D eigenvalue weighted by atomic mass is 16.7. The summed E-state index contributed by atoms with van der Waals surface area (Å²) in [5.74, 6) is -0.778. The number of aromatic hydroxyl groups is 4. The van der Waals surface area contributed by atoms with Crippen LogP contribution in [0.3, 0.4) is 0 Å². The number of methoxy groups -OCH3 is 2. The van der Waals surface area contributed by atoms with E-state index >= 15 is 0 Å². The zero-order chi connectivity index (χ0) is 33.4. The van der Waals surface area contributed by atoms with E-state index in [1.807, 2.05) is 0 Å². The molecular formula is C29H37O17+. The molecule has 0 aromatic heterocycles. The Morgan fingerprint density at radius 1 is 0.739 bits per heavy atom. The molecule has 3 heterocycles. The van der Waals surface area contributed by atoms with Crippen LogP contribution in [0.25, 0.3) is 6.08 Å². The summed E-state index contributed by atoms with van der Waals surface area (Å²) in [6.07, 6.45) is -16.2. The molecule has 0 bridgehead atoms. The lowest BCUT2D eigenvalue weighted by molar-refractivity contribution is -0.328. The monoisotopic (exact) mass is 657 g/mol. The fourth-order valence-electron chi connectivity index (χ4n) is 5.38. The van der Waals surface area contributed by atoms with Crippen LogP contribution in [-0.4, -0.2) is 145 Å². The van der Waals surface area contributed by atoms with Crippen molar-refractivity contribution >= 4 is 6.08 Å². The van der Waals surface area contributed by atoms with Crippen LogP contribution in [-0.2, 0) is 18.9 Å². The van der Waals surface area contributed by atoms with Crippen LogP contribution >= 0.6 is 0 Å². The number of aliphatic hydroxyl groups is 8. The Balaban J connectivity index is 1.43. The van der Waals surface area contributed by atoms with E-state index in [0.717, 1.165) is 6.07 Å². The van der Waals surface area contributed by atoms with Crippen molar-refractivity contribution in [3.8, 4) is 34.5 Å². The summed E-state index contributed by atoms with van der Waals surface area (Å²) < 4.78 is 37.7. The Morgan fingerprint density at radius 2 is 1.33 bits per heavy atom. The Bertz CT molecular complexity index is 1390. The normalized spacial score (nSPS) is 34.2. The van der Waals surface area contributed by atoms with Gasteiger partial charge in [-0.25, -0.2) is 0 Å². The van der Waals surface area contributed by atoms with E-state index in [1.54, 1.807) is 0 Å². The fourth-order valence-corrected chi connectivity index (χ4v) is 5.38. The van der Waals surface area contributed by atoms with Crippen LogP contribution < -0.4 is 9.47 Å². The van der Waals surface area contributed by atoms with Crippen molar-refractivity contribution in [2.75, 3.05) is 27.4 Å². The van der Waals surface area contributed by atoms with Gasteiger partial charge in [-0.3, -0.25) is 0 Å². The summed E-state index contributed by atoms with van der Waals surface area (Å²) in [6, 6.07) is 5.24. The lowest BCUT2D eigenvalue weighted by Crippen LogP contribution is -2.61. The van der Waals surface area contributed by atoms with Gasteiger partial charge in [0.1, 0.15) is 65.9 Å². The van der Waals surface area contributed by atoms with Crippen molar-refractivity contribution in [1.29, 1.82) is 0 Å². The van der Waals surface area contributed by atoms with Crippen molar-refractivity contribution in [1.82, 2.24) is 0 Å². The van der Waals surface area contributed by atoms with Crippen LogP contribution in [0.4, 0.5) is 0 Å². The minimum atomic E-state index is -1.84. The average molecular weight is 658 g/mol. The first-order valence-electron chi connectivity index (χ1n) is 14.1. The third-order valence-electron chi connectivity index (χ3n) is 7.96. The third-order valence-corrected chi connectivity index (χ3v) is 7.96. The van der Waals surface area contributed by atoms with Gasteiger partial charge in [-0.2, -0.15) is 0 Å². The largest absolute Gasteiger partial charge is 0.571 e. The molecule has 0 radical (unpaired) electrons. The molecule has 2 saturated heterocycles. The number of phenolic OH excluding ortho intramolecular Hbond substituents is 3. The molecule has 0 saturated carbocycles. The highest BCUT2D eigenvalue weighted by Gasteiger charge is 2.49. The number of hydrogen-bond donors (Lipinski definition) is 10. The van der Waals surface area contributed by atoms with Gasteiger partial charge in [0.15, 0.2) is 23.5 Å².